The number of amides is 1. The fraction of sp³-hybridized carbons (Fsp3) is 0.346. The minimum absolute atomic E-state index is 0.0789. The lowest BCUT2D eigenvalue weighted by Gasteiger charge is -2.35. The van der Waals surface area contributed by atoms with Crippen molar-refractivity contribution in [1.82, 2.24) is 14.9 Å². The molecule has 2 aromatic heterocycles. The Morgan fingerprint density at radius 2 is 1.85 bits per heavy atom. The van der Waals surface area contributed by atoms with Crippen LogP contribution in [-0.2, 0) is 6.42 Å². The molecule has 1 unspecified atom stereocenters. The van der Waals surface area contributed by atoms with Crippen molar-refractivity contribution < 1.29 is 9.53 Å². The van der Waals surface area contributed by atoms with Crippen LogP contribution in [0, 0.1) is 13.8 Å². The predicted molar refractivity (Wildman–Crippen MR) is 130 cm³/mol. The largest absolute Gasteiger partial charge is 0.455 e. The van der Waals surface area contributed by atoms with Crippen LogP contribution >= 0.6 is 0 Å². The van der Waals surface area contributed by atoms with Gasteiger partial charge in [-0.1, -0.05) is 18.6 Å². The third-order valence-corrected chi connectivity index (χ3v) is 5.95. The molecule has 1 fully saturated rings. The number of benzene rings is 1. The van der Waals surface area contributed by atoms with E-state index in [9.17, 15) is 4.79 Å². The van der Waals surface area contributed by atoms with Crippen molar-refractivity contribution in [3.8, 4) is 11.5 Å². The van der Waals surface area contributed by atoms with Crippen molar-refractivity contribution in [3.05, 3.63) is 77.2 Å². The lowest BCUT2D eigenvalue weighted by atomic mass is 10.0. The Bertz CT molecular complexity index is 1090. The van der Waals surface area contributed by atoms with E-state index in [4.69, 9.17) is 10.5 Å². The number of carbonyl (C=O) groups is 1. The van der Waals surface area contributed by atoms with Crippen molar-refractivity contribution in [2.24, 2.45) is 5.73 Å². The molecule has 0 bridgehead atoms. The van der Waals surface area contributed by atoms with Crippen molar-refractivity contribution >= 4 is 11.7 Å². The normalized spacial score (nSPS) is 15.1. The molecular formula is C26H31N5O2. The zero-order valence-electron chi connectivity index (χ0n) is 19.3. The van der Waals surface area contributed by atoms with Gasteiger partial charge in [0, 0.05) is 43.0 Å². The molecule has 0 saturated carbocycles. The van der Waals surface area contributed by atoms with E-state index in [0.29, 0.717) is 11.3 Å². The van der Waals surface area contributed by atoms with E-state index in [1.165, 1.54) is 19.3 Å². The maximum Gasteiger partial charge on any atom is 0.248 e. The number of pyridine rings is 2. The number of carbonyl (C=O) groups excluding carboxylic acids is 1. The number of nitrogens with two attached hydrogens (primary N) is 1. The summed E-state index contributed by atoms with van der Waals surface area (Å²) in [7, 11) is 0. The minimum atomic E-state index is -0.410. The number of rotatable bonds is 8. The van der Waals surface area contributed by atoms with Gasteiger partial charge in [0.05, 0.1) is 11.9 Å². The molecule has 1 aliphatic rings. The Kier molecular flexibility index (Phi) is 7.19. The van der Waals surface area contributed by atoms with Gasteiger partial charge in [0.1, 0.15) is 17.3 Å². The average molecular weight is 446 g/mol. The van der Waals surface area contributed by atoms with Crippen LogP contribution in [0.4, 0.5) is 5.82 Å². The molecule has 7 heteroatoms. The topological polar surface area (TPSA) is 93.4 Å². The Hall–Kier alpha value is -3.45. The number of anilines is 1. The molecule has 172 valence electrons. The Labute approximate surface area is 195 Å². The lowest BCUT2D eigenvalue weighted by molar-refractivity contribution is 0.100. The zero-order valence-corrected chi connectivity index (χ0v) is 19.3. The second-order valence-corrected chi connectivity index (χ2v) is 8.54. The molecule has 33 heavy (non-hydrogen) atoms. The second kappa shape index (κ2) is 10.4. The van der Waals surface area contributed by atoms with Gasteiger partial charge < -0.3 is 15.8 Å². The molecule has 1 aromatic carbocycles. The van der Waals surface area contributed by atoms with E-state index in [0.717, 1.165) is 48.0 Å². The number of ether oxygens (including phenoxy) is 1. The van der Waals surface area contributed by atoms with Gasteiger partial charge in [0.15, 0.2) is 0 Å². The maximum absolute atomic E-state index is 11.4. The summed E-state index contributed by atoms with van der Waals surface area (Å²) in [5.74, 6) is 1.80. The Morgan fingerprint density at radius 3 is 2.55 bits per heavy atom. The van der Waals surface area contributed by atoms with Crippen LogP contribution in [0.15, 0.2) is 54.7 Å². The second-order valence-electron chi connectivity index (χ2n) is 8.54. The molecule has 0 radical (unpaired) electrons. The maximum atomic E-state index is 11.4. The summed E-state index contributed by atoms with van der Waals surface area (Å²) in [6.45, 7) is 5.99. The number of aromatic nitrogens is 2. The number of nitrogens with one attached hydrogen (secondary N) is 1. The summed E-state index contributed by atoms with van der Waals surface area (Å²) in [4.78, 5) is 22.9. The molecule has 4 rings (SSSR count). The van der Waals surface area contributed by atoms with Crippen LogP contribution in [0.25, 0.3) is 0 Å². The molecule has 1 saturated heterocycles. The van der Waals surface area contributed by atoms with Gasteiger partial charge in [-0.25, -0.2) is 4.98 Å². The monoisotopic (exact) mass is 445 g/mol. The average Bonchev–Trinajstić information content (AvgIpc) is 2.82. The molecule has 3 aromatic rings. The highest BCUT2D eigenvalue weighted by Crippen LogP contribution is 2.26. The first kappa shape index (κ1) is 22.7. The lowest BCUT2D eigenvalue weighted by Crippen LogP contribution is -2.45. The van der Waals surface area contributed by atoms with Gasteiger partial charge in [-0.05, 0) is 62.6 Å². The Balaban J connectivity index is 1.51. The first-order chi connectivity index (χ1) is 16.0. The molecule has 0 aliphatic carbocycles. The number of hydrogen-bond acceptors (Lipinski definition) is 6. The fourth-order valence-electron chi connectivity index (χ4n) is 4.16. The SMILES string of the molecule is Cc1ccc(Oc2ccnc(NC(Cc3ccc(C(N)=O)cc3)N3CCCCC3)c2)c(C)n1. The molecule has 3 N–H and O–H groups in total. The molecule has 3 heterocycles. The highest BCUT2D eigenvalue weighted by atomic mass is 16.5. The number of aryl methyl sites for hydroxylation is 2. The standard InChI is InChI=1S/C26H31N5O2/c1-18-6-11-23(19(2)29-18)33-22-12-13-28-24(17-22)30-25(31-14-4-3-5-15-31)16-20-7-9-21(10-8-20)26(27)32/h6-13,17,25H,3-5,14-16H2,1-2H3,(H2,27,32)(H,28,30). The predicted octanol–water partition coefficient (Wildman–Crippen LogP) is 4.45. The molecule has 0 spiro atoms. The number of likely N-dealkylation sites (tertiary alicyclic amines) is 1. The van der Waals surface area contributed by atoms with Crippen LogP contribution in [-0.4, -0.2) is 40.0 Å². The van der Waals surface area contributed by atoms with Gasteiger partial charge in [-0.3, -0.25) is 14.7 Å². The van der Waals surface area contributed by atoms with Crippen LogP contribution in [0.2, 0.25) is 0 Å². The summed E-state index contributed by atoms with van der Waals surface area (Å²) >= 11 is 0. The number of hydrogen-bond donors (Lipinski definition) is 2. The van der Waals surface area contributed by atoms with Crippen molar-refractivity contribution in [2.75, 3.05) is 18.4 Å². The van der Waals surface area contributed by atoms with E-state index in [1.807, 2.05) is 50.2 Å². The quantitative estimate of drug-likeness (QED) is 0.532. The number of piperidine rings is 1. The van der Waals surface area contributed by atoms with Crippen molar-refractivity contribution in [3.63, 3.8) is 0 Å². The van der Waals surface area contributed by atoms with Gasteiger partial charge >= 0.3 is 0 Å². The number of primary amides is 1. The summed E-state index contributed by atoms with van der Waals surface area (Å²) in [5.41, 5.74) is 8.86. The van der Waals surface area contributed by atoms with E-state index >= 15 is 0 Å². The van der Waals surface area contributed by atoms with Crippen molar-refractivity contribution in [2.45, 2.75) is 45.7 Å². The smallest absolute Gasteiger partial charge is 0.248 e. The van der Waals surface area contributed by atoms with Crippen molar-refractivity contribution in [1.29, 1.82) is 0 Å². The van der Waals surface area contributed by atoms with Gasteiger partial charge in [0.25, 0.3) is 0 Å². The van der Waals surface area contributed by atoms with Crippen LogP contribution < -0.4 is 15.8 Å². The first-order valence-electron chi connectivity index (χ1n) is 11.5. The number of nitrogens with zero attached hydrogens (tertiary/aromatic N) is 3. The first-order valence-corrected chi connectivity index (χ1v) is 11.5. The summed E-state index contributed by atoms with van der Waals surface area (Å²) in [6, 6.07) is 15.2. The van der Waals surface area contributed by atoms with Gasteiger partial charge in [-0.2, -0.15) is 0 Å². The Morgan fingerprint density at radius 1 is 1.09 bits per heavy atom. The summed E-state index contributed by atoms with van der Waals surface area (Å²) < 4.78 is 6.09. The minimum Gasteiger partial charge on any atom is -0.455 e. The zero-order chi connectivity index (χ0) is 23.2. The van der Waals surface area contributed by atoms with E-state index in [2.05, 4.69) is 20.2 Å². The highest BCUT2D eigenvalue weighted by molar-refractivity contribution is 5.92. The van der Waals surface area contributed by atoms with E-state index < -0.39 is 5.91 Å². The van der Waals surface area contributed by atoms with E-state index in [-0.39, 0.29) is 6.17 Å². The third-order valence-electron chi connectivity index (χ3n) is 5.95. The third kappa shape index (κ3) is 6.08. The van der Waals surface area contributed by atoms with Crippen LogP contribution in [0.3, 0.4) is 0 Å². The molecule has 1 aliphatic heterocycles. The van der Waals surface area contributed by atoms with E-state index in [1.54, 1.807) is 18.3 Å². The molecular weight excluding hydrogens is 414 g/mol. The fourth-order valence-corrected chi connectivity index (χ4v) is 4.16. The summed E-state index contributed by atoms with van der Waals surface area (Å²) in [5, 5.41) is 3.61. The van der Waals surface area contributed by atoms with Crippen LogP contribution in [0.5, 0.6) is 11.5 Å². The highest BCUT2D eigenvalue weighted by Gasteiger charge is 2.22. The summed E-state index contributed by atoms with van der Waals surface area (Å²) in [6.07, 6.45) is 6.26. The van der Waals surface area contributed by atoms with Gasteiger partial charge in [0.2, 0.25) is 5.91 Å². The molecule has 1 atom stereocenters. The van der Waals surface area contributed by atoms with Crippen LogP contribution in [0.1, 0.15) is 46.6 Å². The van der Waals surface area contributed by atoms with Gasteiger partial charge in [-0.15, -0.1) is 0 Å². The molecule has 1 amide bonds. The molecule has 7 nitrogen and oxygen atoms in total.